The van der Waals surface area contributed by atoms with Crippen LogP contribution >= 0.6 is 24.8 Å². The SMILES string of the molecule is COC(=O)c1ccc(-c2cnc(N3CCNCC3)nc2)cc1.Cl.Cl. The average molecular weight is 371 g/mol. The summed E-state index contributed by atoms with van der Waals surface area (Å²) in [4.78, 5) is 22.5. The zero-order valence-electron chi connectivity index (χ0n) is 13.3. The summed E-state index contributed by atoms with van der Waals surface area (Å²) < 4.78 is 4.69. The number of nitrogens with zero attached hydrogens (tertiary/aromatic N) is 3. The maximum atomic E-state index is 11.4. The molecule has 1 aromatic heterocycles. The van der Waals surface area contributed by atoms with Gasteiger partial charge < -0.3 is 15.0 Å². The minimum Gasteiger partial charge on any atom is -0.465 e. The van der Waals surface area contributed by atoms with Gasteiger partial charge in [-0.05, 0) is 17.7 Å². The Balaban J connectivity index is 0.00000144. The van der Waals surface area contributed by atoms with Crippen LogP contribution in [0.4, 0.5) is 5.95 Å². The van der Waals surface area contributed by atoms with E-state index in [1.807, 2.05) is 24.5 Å². The highest BCUT2D eigenvalue weighted by Gasteiger charge is 2.13. The highest BCUT2D eigenvalue weighted by atomic mass is 35.5. The van der Waals surface area contributed by atoms with Crippen LogP contribution in [-0.2, 0) is 4.74 Å². The van der Waals surface area contributed by atoms with E-state index in [0.717, 1.165) is 43.3 Å². The van der Waals surface area contributed by atoms with Crippen molar-refractivity contribution in [3.05, 3.63) is 42.2 Å². The van der Waals surface area contributed by atoms with Gasteiger partial charge in [0.15, 0.2) is 0 Å². The van der Waals surface area contributed by atoms with E-state index in [0.29, 0.717) is 5.56 Å². The van der Waals surface area contributed by atoms with Crippen molar-refractivity contribution in [3.8, 4) is 11.1 Å². The van der Waals surface area contributed by atoms with Crippen LogP contribution in [0.25, 0.3) is 11.1 Å². The molecule has 130 valence electrons. The van der Waals surface area contributed by atoms with Gasteiger partial charge in [0, 0.05) is 44.1 Å². The van der Waals surface area contributed by atoms with Crippen LogP contribution in [0, 0.1) is 0 Å². The van der Waals surface area contributed by atoms with E-state index < -0.39 is 0 Å². The molecule has 3 rings (SSSR count). The van der Waals surface area contributed by atoms with Crippen molar-refractivity contribution in [1.82, 2.24) is 15.3 Å². The van der Waals surface area contributed by atoms with E-state index in [1.165, 1.54) is 7.11 Å². The maximum absolute atomic E-state index is 11.4. The van der Waals surface area contributed by atoms with Gasteiger partial charge >= 0.3 is 5.97 Å². The monoisotopic (exact) mass is 370 g/mol. The van der Waals surface area contributed by atoms with Gasteiger partial charge in [0.05, 0.1) is 12.7 Å². The predicted molar refractivity (Wildman–Crippen MR) is 98.4 cm³/mol. The van der Waals surface area contributed by atoms with Crippen molar-refractivity contribution in [1.29, 1.82) is 0 Å². The third-order valence-electron chi connectivity index (χ3n) is 3.68. The fourth-order valence-electron chi connectivity index (χ4n) is 2.42. The van der Waals surface area contributed by atoms with Crippen molar-refractivity contribution < 1.29 is 9.53 Å². The molecule has 0 bridgehead atoms. The molecule has 6 nitrogen and oxygen atoms in total. The largest absolute Gasteiger partial charge is 0.465 e. The summed E-state index contributed by atoms with van der Waals surface area (Å²) in [7, 11) is 1.37. The van der Waals surface area contributed by atoms with Gasteiger partial charge in [0.1, 0.15) is 0 Å². The number of ether oxygens (including phenoxy) is 1. The van der Waals surface area contributed by atoms with Gasteiger partial charge in [-0.15, -0.1) is 24.8 Å². The molecule has 8 heteroatoms. The number of carbonyl (C=O) groups is 1. The van der Waals surface area contributed by atoms with Gasteiger partial charge in [-0.3, -0.25) is 0 Å². The Kier molecular flexibility index (Phi) is 7.91. The van der Waals surface area contributed by atoms with E-state index in [9.17, 15) is 4.79 Å². The number of hydrogen-bond acceptors (Lipinski definition) is 6. The van der Waals surface area contributed by atoms with Crippen molar-refractivity contribution in [2.75, 3.05) is 38.2 Å². The van der Waals surface area contributed by atoms with Crippen LogP contribution in [0.15, 0.2) is 36.7 Å². The Morgan fingerprint density at radius 2 is 1.62 bits per heavy atom. The lowest BCUT2D eigenvalue weighted by molar-refractivity contribution is 0.0601. The van der Waals surface area contributed by atoms with Crippen molar-refractivity contribution in [2.45, 2.75) is 0 Å². The number of carbonyl (C=O) groups excluding carboxylic acids is 1. The first kappa shape index (κ1) is 20.2. The Morgan fingerprint density at radius 3 is 2.17 bits per heavy atom. The quantitative estimate of drug-likeness (QED) is 0.835. The lowest BCUT2D eigenvalue weighted by Crippen LogP contribution is -2.44. The fourth-order valence-corrected chi connectivity index (χ4v) is 2.42. The summed E-state index contributed by atoms with van der Waals surface area (Å²) >= 11 is 0. The number of nitrogens with one attached hydrogen (secondary N) is 1. The minimum absolute atomic E-state index is 0. The van der Waals surface area contributed by atoms with E-state index >= 15 is 0 Å². The van der Waals surface area contributed by atoms with Gasteiger partial charge in [-0.1, -0.05) is 12.1 Å². The highest BCUT2D eigenvalue weighted by molar-refractivity contribution is 5.89. The Bertz CT molecular complexity index is 644. The zero-order chi connectivity index (χ0) is 15.4. The molecule has 2 heterocycles. The standard InChI is InChI=1S/C16H18N4O2.2ClH/c1-22-15(21)13-4-2-12(3-5-13)14-10-18-16(19-11-14)20-8-6-17-7-9-20;;/h2-5,10-11,17H,6-9H2,1H3;2*1H. The topological polar surface area (TPSA) is 67.3 Å². The van der Waals surface area contributed by atoms with Crippen molar-refractivity contribution in [2.24, 2.45) is 0 Å². The lowest BCUT2D eigenvalue weighted by Gasteiger charge is -2.27. The molecule has 1 aliphatic rings. The second-order valence-electron chi connectivity index (χ2n) is 5.08. The van der Waals surface area contributed by atoms with Crippen LogP contribution in [-0.4, -0.2) is 49.2 Å². The molecule has 1 saturated heterocycles. The minimum atomic E-state index is -0.336. The molecule has 0 atom stereocenters. The highest BCUT2D eigenvalue weighted by Crippen LogP contribution is 2.20. The van der Waals surface area contributed by atoms with Crippen molar-refractivity contribution in [3.63, 3.8) is 0 Å². The molecule has 0 saturated carbocycles. The van der Waals surface area contributed by atoms with Gasteiger partial charge in [-0.25, -0.2) is 14.8 Å². The molecule has 1 aromatic carbocycles. The molecule has 0 unspecified atom stereocenters. The average Bonchev–Trinajstić information content (AvgIpc) is 2.62. The molecular formula is C16H20Cl2N4O2. The number of piperazine rings is 1. The Labute approximate surface area is 153 Å². The smallest absolute Gasteiger partial charge is 0.337 e. The molecular weight excluding hydrogens is 351 g/mol. The van der Waals surface area contributed by atoms with E-state index in [-0.39, 0.29) is 30.8 Å². The second-order valence-corrected chi connectivity index (χ2v) is 5.08. The van der Waals surface area contributed by atoms with Gasteiger partial charge in [0.25, 0.3) is 0 Å². The molecule has 0 aliphatic carbocycles. The Morgan fingerprint density at radius 1 is 1.04 bits per heavy atom. The third kappa shape index (κ3) is 4.56. The first-order valence-corrected chi connectivity index (χ1v) is 7.24. The number of hydrogen-bond donors (Lipinski definition) is 1. The predicted octanol–water partition coefficient (Wildman–Crippen LogP) is 2.18. The molecule has 1 aliphatic heterocycles. The van der Waals surface area contributed by atoms with Crippen LogP contribution < -0.4 is 10.2 Å². The zero-order valence-corrected chi connectivity index (χ0v) is 14.9. The lowest BCUT2D eigenvalue weighted by atomic mass is 10.1. The fraction of sp³-hybridized carbons (Fsp3) is 0.312. The molecule has 0 spiro atoms. The molecule has 0 amide bonds. The third-order valence-corrected chi connectivity index (χ3v) is 3.68. The van der Waals surface area contributed by atoms with Crippen LogP contribution in [0.1, 0.15) is 10.4 Å². The number of rotatable bonds is 3. The number of anilines is 1. The summed E-state index contributed by atoms with van der Waals surface area (Å²) in [5.74, 6) is 0.424. The molecule has 1 N–H and O–H groups in total. The molecule has 2 aromatic rings. The summed E-state index contributed by atoms with van der Waals surface area (Å²) in [6, 6.07) is 7.22. The van der Waals surface area contributed by atoms with E-state index in [2.05, 4.69) is 20.2 Å². The summed E-state index contributed by atoms with van der Waals surface area (Å²) in [5.41, 5.74) is 2.43. The maximum Gasteiger partial charge on any atom is 0.337 e. The molecule has 24 heavy (non-hydrogen) atoms. The number of esters is 1. The van der Waals surface area contributed by atoms with Crippen LogP contribution in [0.3, 0.4) is 0 Å². The second kappa shape index (κ2) is 9.42. The van der Waals surface area contributed by atoms with E-state index in [4.69, 9.17) is 4.74 Å². The van der Waals surface area contributed by atoms with Gasteiger partial charge in [-0.2, -0.15) is 0 Å². The summed E-state index contributed by atoms with van der Waals surface area (Å²) in [5, 5.41) is 3.31. The normalized spacial score (nSPS) is 13.5. The Hall–Kier alpha value is -1.89. The first-order valence-electron chi connectivity index (χ1n) is 7.24. The van der Waals surface area contributed by atoms with Crippen molar-refractivity contribution >= 4 is 36.7 Å². The van der Waals surface area contributed by atoms with Gasteiger partial charge in [0.2, 0.25) is 5.95 Å². The number of benzene rings is 1. The number of halogens is 2. The first-order chi connectivity index (χ1) is 10.8. The summed E-state index contributed by atoms with van der Waals surface area (Å²) in [6.45, 7) is 3.76. The molecule has 0 radical (unpaired) electrons. The number of aromatic nitrogens is 2. The number of methoxy groups -OCH3 is 1. The van der Waals surface area contributed by atoms with Crippen LogP contribution in [0.5, 0.6) is 0 Å². The van der Waals surface area contributed by atoms with Crippen LogP contribution in [0.2, 0.25) is 0 Å². The summed E-state index contributed by atoms with van der Waals surface area (Å²) in [6.07, 6.45) is 3.63. The molecule has 1 fully saturated rings. The van der Waals surface area contributed by atoms with E-state index in [1.54, 1.807) is 12.1 Å².